The Kier molecular flexibility index (Phi) is 2.84. The Balaban J connectivity index is 2.55. The summed E-state index contributed by atoms with van der Waals surface area (Å²) in [5.74, 6) is 0. The van der Waals surface area contributed by atoms with Gasteiger partial charge in [0.1, 0.15) is 24.9 Å². The summed E-state index contributed by atoms with van der Waals surface area (Å²) in [6.45, 7) is 3.00. The Bertz CT molecular complexity index is 128. The summed E-state index contributed by atoms with van der Waals surface area (Å²) in [5.41, 5.74) is 0. The van der Waals surface area contributed by atoms with Crippen LogP contribution in [0.4, 0.5) is 0 Å². The van der Waals surface area contributed by atoms with Gasteiger partial charge < -0.3 is 19.7 Å². The predicted octanol–water partition coefficient (Wildman–Crippen LogP) is -0.696. The highest BCUT2D eigenvalue weighted by Gasteiger charge is 2.36. The summed E-state index contributed by atoms with van der Waals surface area (Å²) in [6, 6.07) is 0. The largest absolute Gasteiger partial charge is 0.388 e. The van der Waals surface area contributed by atoms with E-state index in [-0.39, 0.29) is 6.10 Å². The lowest BCUT2D eigenvalue weighted by atomic mass is 10.0. The van der Waals surface area contributed by atoms with Crippen LogP contribution in [0.2, 0.25) is 0 Å². The molecule has 1 aliphatic rings. The van der Waals surface area contributed by atoms with Crippen LogP contribution in [0.3, 0.4) is 0 Å². The van der Waals surface area contributed by atoms with Gasteiger partial charge in [0.05, 0.1) is 6.10 Å². The van der Waals surface area contributed by atoms with Crippen molar-refractivity contribution < 1.29 is 19.7 Å². The first-order chi connectivity index (χ1) is 5.16. The monoisotopic (exact) mass is 161 g/mol. The zero-order chi connectivity index (χ0) is 8.43. The molecule has 0 spiro atoms. The van der Waals surface area contributed by atoms with Crippen LogP contribution in [0.1, 0.15) is 6.92 Å². The molecule has 1 aliphatic heterocycles. The predicted molar refractivity (Wildman–Crippen MR) is 37.7 cm³/mol. The molecule has 1 fully saturated rings. The second-order valence-electron chi connectivity index (χ2n) is 2.66. The van der Waals surface area contributed by atoms with Crippen LogP contribution in [0, 0.1) is 6.61 Å². The molecule has 0 aromatic rings. The smallest absolute Gasteiger partial charge is 0.115 e. The Hall–Kier alpha value is -0.160. The molecule has 0 saturated carbocycles. The quantitative estimate of drug-likeness (QED) is 0.534. The van der Waals surface area contributed by atoms with Crippen molar-refractivity contribution in [2.24, 2.45) is 0 Å². The molecule has 4 heteroatoms. The van der Waals surface area contributed by atoms with Crippen LogP contribution >= 0.6 is 0 Å². The van der Waals surface area contributed by atoms with Crippen molar-refractivity contribution in [1.82, 2.24) is 0 Å². The highest BCUT2D eigenvalue weighted by molar-refractivity contribution is 4.90. The van der Waals surface area contributed by atoms with E-state index in [0.29, 0.717) is 0 Å². The first-order valence-electron chi connectivity index (χ1n) is 3.54. The van der Waals surface area contributed by atoms with E-state index < -0.39 is 18.3 Å². The molecular weight excluding hydrogens is 148 g/mol. The molecule has 65 valence electrons. The second kappa shape index (κ2) is 3.49. The summed E-state index contributed by atoms with van der Waals surface area (Å²) in [5, 5.41) is 18.6. The fraction of sp³-hybridized carbons (Fsp3) is 0.857. The number of rotatable bonds is 1. The summed E-state index contributed by atoms with van der Waals surface area (Å²) in [7, 11) is 1.45. The van der Waals surface area contributed by atoms with Gasteiger partial charge in [0.15, 0.2) is 0 Å². The molecule has 11 heavy (non-hydrogen) atoms. The van der Waals surface area contributed by atoms with Gasteiger partial charge in [0.2, 0.25) is 0 Å². The van der Waals surface area contributed by atoms with Crippen molar-refractivity contribution in [1.29, 1.82) is 0 Å². The average Bonchev–Trinajstić information content (AvgIpc) is 1.99. The molecule has 1 rings (SSSR count). The normalized spacial score (nSPS) is 45.8. The minimum Gasteiger partial charge on any atom is -0.388 e. The first kappa shape index (κ1) is 8.93. The number of hydrogen-bond acceptors (Lipinski definition) is 4. The number of aliphatic hydroxyl groups is 2. The Morgan fingerprint density at radius 2 is 2.09 bits per heavy atom. The van der Waals surface area contributed by atoms with Gasteiger partial charge in [-0.15, -0.1) is 0 Å². The fourth-order valence-electron chi connectivity index (χ4n) is 1.11. The van der Waals surface area contributed by atoms with Crippen molar-refractivity contribution in [3.05, 3.63) is 6.61 Å². The standard InChI is InChI=1S/C7H13O4/c1-4-6(9)7(10-2)5(8)3-11-4/h3-9H,1-2H3/t4-,5+,6-,7-/m1/s1. The Morgan fingerprint density at radius 1 is 1.45 bits per heavy atom. The van der Waals surface area contributed by atoms with Crippen LogP contribution in [0.15, 0.2) is 0 Å². The first-order valence-corrected chi connectivity index (χ1v) is 3.54. The van der Waals surface area contributed by atoms with Crippen LogP contribution in [0.25, 0.3) is 0 Å². The van der Waals surface area contributed by atoms with Gasteiger partial charge in [-0.25, -0.2) is 0 Å². The lowest BCUT2D eigenvalue weighted by Crippen LogP contribution is -2.50. The molecule has 0 amide bonds. The van der Waals surface area contributed by atoms with E-state index >= 15 is 0 Å². The summed E-state index contributed by atoms with van der Waals surface area (Å²) >= 11 is 0. The number of hydrogen-bond donors (Lipinski definition) is 2. The van der Waals surface area contributed by atoms with Crippen molar-refractivity contribution in [2.75, 3.05) is 7.11 Å². The summed E-state index contributed by atoms with van der Waals surface area (Å²) < 4.78 is 9.80. The molecule has 0 unspecified atom stereocenters. The van der Waals surface area contributed by atoms with Gasteiger partial charge >= 0.3 is 0 Å². The van der Waals surface area contributed by atoms with Gasteiger partial charge in [-0.2, -0.15) is 0 Å². The molecule has 0 aliphatic carbocycles. The van der Waals surface area contributed by atoms with E-state index in [2.05, 4.69) is 0 Å². The van der Waals surface area contributed by atoms with Crippen molar-refractivity contribution in [2.45, 2.75) is 31.3 Å². The van der Waals surface area contributed by atoms with Crippen LogP contribution in [0.5, 0.6) is 0 Å². The number of aliphatic hydroxyl groups excluding tert-OH is 2. The molecule has 0 bridgehead atoms. The molecule has 4 nitrogen and oxygen atoms in total. The third kappa shape index (κ3) is 1.70. The SMILES string of the molecule is CO[C@H]1[C@H](O)[C@@H](C)O[CH][C@@H]1O. The maximum absolute atomic E-state index is 9.38. The van der Waals surface area contributed by atoms with E-state index in [0.717, 1.165) is 0 Å². The molecule has 4 atom stereocenters. The minimum absolute atomic E-state index is 0.316. The molecule has 1 saturated heterocycles. The van der Waals surface area contributed by atoms with E-state index in [1.165, 1.54) is 13.7 Å². The molecule has 0 aromatic heterocycles. The zero-order valence-corrected chi connectivity index (χ0v) is 6.60. The molecule has 1 heterocycles. The zero-order valence-electron chi connectivity index (χ0n) is 6.60. The van der Waals surface area contributed by atoms with Crippen molar-refractivity contribution >= 4 is 0 Å². The average molecular weight is 161 g/mol. The van der Waals surface area contributed by atoms with E-state index in [1.54, 1.807) is 6.92 Å². The van der Waals surface area contributed by atoms with Gasteiger partial charge in [-0.05, 0) is 6.92 Å². The lowest BCUT2D eigenvalue weighted by molar-refractivity contribution is -0.166. The highest BCUT2D eigenvalue weighted by atomic mass is 16.5. The van der Waals surface area contributed by atoms with Gasteiger partial charge in [0, 0.05) is 7.11 Å². The topological polar surface area (TPSA) is 58.9 Å². The Labute approximate surface area is 65.7 Å². The Morgan fingerprint density at radius 3 is 2.55 bits per heavy atom. The van der Waals surface area contributed by atoms with Crippen LogP contribution in [-0.2, 0) is 9.47 Å². The van der Waals surface area contributed by atoms with Crippen molar-refractivity contribution in [3.63, 3.8) is 0 Å². The van der Waals surface area contributed by atoms with Gasteiger partial charge in [-0.1, -0.05) is 0 Å². The van der Waals surface area contributed by atoms with E-state index in [4.69, 9.17) is 9.47 Å². The van der Waals surface area contributed by atoms with Gasteiger partial charge in [-0.3, -0.25) is 0 Å². The molecule has 2 N–H and O–H groups in total. The fourth-order valence-corrected chi connectivity index (χ4v) is 1.11. The third-order valence-electron chi connectivity index (χ3n) is 1.86. The second-order valence-corrected chi connectivity index (χ2v) is 2.66. The third-order valence-corrected chi connectivity index (χ3v) is 1.86. The minimum atomic E-state index is -0.841. The molecular formula is C7H13O4. The lowest BCUT2D eigenvalue weighted by Gasteiger charge is -2.34. The molecule has 0 aromatic carbocycles. The molecule has 1 radical (unpaired) electrons. The summed E-state index contributed by atoms with van der Waals surface area (Å²) in [4.78, 5) is 0. The van der Waals surface area contributed by atoms with Crippen LogP contribution in [-0.4, -0.2) is 41.7 Å². The van der Waals surface area contributed by atoms with E-state index in [9.17, 15) is 10.2 Å². The van der Waals surface area contributed by atoms with Crippen LogP contribution < -0.4 is 0 Å². The van der Waals surface area contributed by atoms with E-state index in [1.807, 2.05) is 0 Å². The van der Waals surface area contributed by atoms with Gasteiger partial charge in [0.25, 0.3) is 0 Å². The maximum atomic E-state index is 9.38. The number of methoxy groups -OCH3 is 1. The van der Waals surface area contributed by atoms with Crippen molar-refractivity contribution in [3.8, 4) is 0 Å². The maximum Gasteiger partial charge on any atom is 0.115 e. The highest BCUT2D eigenvalue weighted by Crippen LogP contribution is 2.19. The summed E-state index contributed by atoms with van der Waals surface area (Å²) in [6.07, 6.45) is -2.49. The number of ether oxygens (including phenoxy) is 2.